The summed E-state index contributed by atoms with van der Waals surface area (Å²) in [7, 11) is 0. The van der Waals surface area contributed by atoms with Gasteiger partial charge in [0.1, 0.15) is 6.61 Å². The van der Waals surface area contributed by atoms with E-state index in [-0.39, 0.29) is 18.1 Å². The number of ether oxygens (including phenoxy) is 1. The zero-order valence-corrected chi connectivity index (χ0v) is 17.6. The number of aromatic nitrogens is 1. The molecule has 0 bridgehead atoms. The minimum Gasteiger partial charge on any atom is -0.486 e. The van der Waals surface area contributed by atoms with Crippen LogP contribution in [0.2, 0.25) is 5.02 Å². The molecule has 0 aliphatic rings. The van der Waals surface area contributed by atoms with Gasteiger partial charge in [-0.15, -0.1) is 0 Å². The summed E-state index contributed by atoms with van der Waals surface area (Å²) in [6.45, 7) is 4.25. The second-order valence-electron chi connectivity index (χ2n) is 6.29. The van der Waals surface area contributed by atoms with Gasteiger partial charge in [0.25, 0.3) is 0 Å². The van der Waals surface area contributed by atoms with Crippen LogP contribution in [0, 0.1) is 0 Å². The fourth-order valence-electron chi connectivity index (χ4n) is 3.15. The molecule has 5 heteroatoms. The van der Waals surface area contributed by atoms with Crippen LogP contribution in [0.5, 0.6) is 5.75 Å². The van der Waals surface area contributed by atoms with E-state index in [1.165, 1.54) is 0 Å². The molecule has 1 heterocycles. The molecule has 1 N–H and O–H groups in total. The Morgan fingerprint density at radius 2 is 1.70 bits per heavy atom. The van der Waals surface area contributed by atoms with Crippen molar-refractivity contribution in [3.8, 4) is 16.9 Å². The van der Waals surface area contributed by atoms with E-state index in [9.17, 15) is 9.90 Å². The van der Waals surface area contributed by atoms with Crippen LogP contribution >= 0.6 is 11.6 Å². The number of hydrogen-bond acceptors (Lipinski definition) is 3. The molecule has 0 fully saturated rings. The van der Waals surface area contributed by atoms with Crippen LogP contribution in [-0.4, -0.2) is 16.1 Å². The third-order valence-electron chi connectivity index (χ3n) is 4.45. The number of hydrogen-bond donors (Lipinski definition) is 1. The number of rotatable bonds is 5. The smallest absolute Gasteiger partial charge is 0.358 e. The van der Waals surface area contributed by atoms with Crippen molar-refractivity contribution < 1.29 is 14.6 Å². The lowest BCUT2D eigenvalue weighted by Crippen LogP contribution is -2.07. The van der Waals surface area contributed by atoms with Crippen molar-refractivity contribution in [2.24, 2.45) is 0 Å². The molecule has 0 amide bonds. The molecule has 30 heavy (non-hydrogen) atoms. The third kappa shape index (κ3) is 4.61. The van der Waals surface area contributed by atoms with Gasteiger partial charge in [0.15, 0.2) is 11.4 Å². The number of fused-ring (bicyclic) bond motifs is 1. The fraction of sp³-hybridized carbons (Fsp3) is 0.120. The number of nitrogens with zero attached hydrogens (tertiary/aromatic N) is 1. The van der Waals surface area contributed by atoms with Gasteiger partial charge in [0, 0.05) is 22.0 Å². The van der Waals surface area contributed by atoms with E-state index in [0.29, 0.717) is 10.4 Å². The van der Waals surface area contributed by atoms with Crippen LogP contribution in [0.15, 0.2) is 79.0 Å². The Labute approximate surface area is 180 Å². The molecular formula is C25H22ClNO3. The van der Waals surface area contributed by atoms with E-state index >= 15 is 0 Å². The zero-order chi connectivity index (χ0) is 21.5. The summed E-state index contributed by atoms with van der Waals surface area (Å²) in [6, 6.07) is 22.8. The summed E-state index contributed by atoms with van der Waals surface area (Å²) >= 11 is 6.14. The van der Waals surface area contributed by atoms with Gasteiger partial charge in [-0.25, -0.2) is 9.78 Å². The molecule has 0 radical (unpaired) electrons. The number of carboxylic acid groups (broad SMARTS) is 1. The van der Waals surface area contributed by atoms with Gasteiger partial charge < -0.3 is 9.84 Å². The lowest BCUT2D eigenvalue weighted by Gasteiger charge is -2.14. The molecule has 0 saturated heterocycles. The minimum atomic E-state index is -1.13. The highest BCUT2D eigenvalue weighted by atomic mass is 35.5. The Kier molecular flexibility index (Phi) is 7.04. The van der Waals surface area contributed by atoms with E-state index in [4.69, 9.17) is 16.3 Å². The van der Waals surface area contributed by atoms with Crippen LogP contribution in [0.3, 0.4) is 0 Å². The lowest BCUT2D eigenvalue weighted by atomic mass is 9.98. The molecule has 0 atom stereocenters. The van der Waals surface area contributed by atoms with Crippen LogP contribution < -0.4 is 4.74 Å². The van der Waals surface area contributed by atoms with Crippen molar-refractivity contribution in [3.63, 3.8) is 0 Å². The van der Waals surface area contributed by atoms with Gasteiger partial charge in [-0.3, -0.25) is 0 Å². The number of carboxylic acids is 1. The first-order valence-corrected chi connectivity index (χ1v) is 10.1. The first-order valence-electron chi connectivity index (χ1n) is 9.71. The number of pyridine rings is 1. The summed E-state index contributed by atoms with van der Waals surface area (Å²) in [5.41, 5.74) is 2.68. The predicted octanol–water partition coefficient (Wildman–Crippen LogP) is 6.86. The summed E-state index contributed by atoms with van der Waals surface area (Å²) in [6.07, 6.45) is 1.57. The fourth-order valence-corrected chi connectivity index (χ4v) is 3.34. The molecule has 1 aromatic heterocycles. The van der Waals surface area contributed by atoms with Crippen LogP contribution in [0.4, 0.5) is 0 Å². The van der Waals surface area contributed by atoms with Gasteiger partial charge in [0.05, 0.1) is 0 Å². The maximum Gasteiger partial charge on any atom is 0.358 e. The average Bonchev–Trinajstić information content (AvgIpc) is 2.78. The van der Waals surface area contributed by atoms with E-state index < -0.39 is 5.97 Å². The van der Waals surface area contributed by atoms with Gasteiger partial charge in [-0.2, -0.15) is 0 Å². The maximum absolute atomic E-state index is 11.7. The summed E-state index contributed by atoms with van der Waals surface area (Å²) in [5.74, 6) is -0.865. The molecular weight excluding hydrogens is 398 g/mol. The first-order chi connectivity index (χ1) is 14.6. The van der Waals surface area contributed by atoms with Gasteiger partial charge >= 0.3 is 5.97 Å². The molecule has 4 aromatic rings. The van der Waals surface area contributed by atoms with Crippen molar-refractivity contribution in [2.75, 3.05) is 0 Å². The summed E-state index contributed by atoms with van der Waals surface area (Å²) in [5, 5.41) is 11.7. The Bertz CT molecular complexity index is 1160. The highest BCUT2D eigenvalue weighted by Gasteiger charge is 2.19. The summed E-state index contributed by atoms with van der Waals surface area (Å²) < 4.78 is 5.94. The highest BCUT2D eigenvalue weighted by molar-refractivity contribution is 6.30. The Hall–Kier alpha value is -3.37. The molecule has 0 spiro atoms. The van der Waals surface area contributed by atoms with E-state index in [0.717, 1.165) is 22.1 Å². The second kappa shape index (κ2) is 9.90. The van der Waals surface area contributed by atoms with Crippen molar-refractivity contribution in [1.29, 1.82) is 0 Å². The molecule has 0 saturated carbocycles. The van der Waals surface area contributed by atoms with E-state index in [1.807, 2.05) is 86.6 Å². The van der Waals surface area contributed by atoms with Crippen LogP contribution in [-0.2, 0) is 6.61 Å². The standard InChI is InChI=1S/C23H16ClNO3.C2H6/c24-17-9-4-8-16(12-17)18-10-5-11-19-20(18)13-25-21(23(26)27)22(19)28-14-15-6-2-1-3-7-15;1-2/h1-13H,14H2,(H,26,27);1-2H3. The SMILES string of the molecule is CC.O=C(O)c1ncc2c(-c3cccc(Cl)c3)cccc2c1OCc1ccccc1. The van der Waals surface area contributed by atoms with Crippen molar-refractivity contribution in [3.05, 3.63) is 95.3 Å². The average molecular weight is 420 g/mol. The molecule has 152 valence electrons. The van der Waals surface area contributed by atoms with E-state index in [1.54, 1.807) is 6.20 Å². The lowest BCUT2D eigenvalue weighted by molar-refractivity contribution is 0.0685. The first kappa shape index (κ1) is 21.3. The van der Waals surface area contributed by atoms with Gasteiger partial charge in [-0.1, -0.05) is 86.1 Å². The topological polar surface area (TPSA) is 59.4 Å². The highest BCUT2D eigenvalue weighted by Crippen LogP contribution is 2.36. The number of carbonyl (C=O) groups is 1. The largest absolute Gasteiger partial charge is 0.486 e. The monoisotopic (exact) mass is 419 g/mol. The second-order valence-corrected chi connectivity index (χ2v) is 6.73. The third-order valence-corrected chi connectivity index (χ3v) is 4.69. The number of halogens is 1. The van der Waals surface area contributed by atoms with Crippen LogP contribution in [0.1, 0.15) is 29.9 Å². The maximum atomic E-state index is 11.7. The van der Waals surface area contributed by atoms with Crippen LogP contribution in [0.25, 0.3) is 21.9 Å². The quantitative estimate of drug-likeness (QED) is 0.384. The minimum absolute atomic E-state index is 0.105. The zero-order valence-electron chi connectivity index (χ0n) is 16.8. The van der Waals surface area contributed by atoms with Crippen molar-refractivity contribution in [1.82, 2.24) is 4.98 Å². The molecule has 0 aliphatic heterocycles. The molecule has 0 aliphatic carbocycles. The Balaban J connectivity index is 0.00000124. The predicted molar refractivity (Wildman–Crippen MR) is 121 cm³/mol. The Morgan fingerprint density at radius 1 is 0.967 bits per heavy atom. The molecule has 0 unspecified atom stereocenters. The molecule has 4 nitrogen and oxygen atoms in total. The molecule has 4 rings (SSSR count). The van der Waals surface area contributed by atoms with Crippen molar-refractivity contribution >= 4 is 28.3 Å². The van der Waals surface area contributed by atoms with Crippen molar-refractivity contribution in [2.45, 2.75) is 20.5 Å². The number of benzene rings is 3. The summed E-state index contributed by atoms with van der Waals surface area (Å²) in [4.78, 5) is 15.9. The normalized spacial score (nSPS) is 10.2. The molecule has 3 aromatic carbocycles. The number of aromatic carboxylic acids is 1. The Morgan fingerprint density at radius 3 is 2.40 bits per heavy atom. The van der Waals surface area contributed by atoms with E-state index in [2.05, 4.69) is 4.98 Å². The van der Waals surface area contributed by atoms with Gasteiger partial charge in [0.2, 0.25) is 0 Å². The van der Waals surface area contributed by atoms with Gasteiger partial charge in [-0.05, 0) is 28.8 Å².